The van der Waals surface area contributed by atoms with Crippen molar-refractivity contribution in [2.24, 2.45) is 0 Å². The van der Waals surface area contributed by atoms with E-state index >= 15 is 0 Å². The van der Waals surface area contributed by atoms with Gasteiger partial charge < -0.3 is 0 Å². The maximum atomic E-state index is 12.2. The van der Waals surface area contributed by atoms with E-state index in [0.717, 1.165) is 0 Å². The predicted octanol–water partition coefficient (Wildman–Crippen LogP) is 2.98. The van der Waals surface area contributed by atoms with Crippen LogP contribution in [0, 0.1) is 6.92 Å². The standard InChI is InChI=1S/C7H6ClF2N/c1-4-2-3-11-6(8)5(4)7(9)10/h2-3,7H,1H3. The molecule has 11 heavy (non-hydrogen) atoms. The summed E-state index contributed by atoms with van der Waals surface area (Å²) in [4.78, 5) is 3.55. The van der Waals surface area contributed by atoms with Gasteiger partial charge in [-0.05, 0) is 18.6 Å². The third kappa shape index (κ3) is 1.66. The summed E-state index contributed by atoms with van der Waals surface area (Å²) in [5.74, 6) is 0. The van der Waals surface area contributed by atoms with Crippen LogP contribution in [0.5, 0.6) is 0 Å². The first kappa shape index (κ1) is 8.40. The van der Waals surface area contributed by atoms with Crippen molar-refractivity contribution in [3.05, 3.63) is 28.5 Å². The van der Waals surface area contributed by atoms with Gasteiger partial charge in [0.05, 0.1) is 5.56 Å². The summed E-state index contributed by atoms with van der Waals surface area (Å²) in [5.41, 5.74) is 0.300. The van der Waals surface area contributed by atoms with Crippen LogP contribution in [0.2, 0.25) is 5.15 Å². The van der Waals surface area contributed by atoms with Crippen LogP contribution in [0.15, 0.2) is 12.3 Å². The quantitative estimate of drug-likeness (QED) is 0.601. The number of alkyl halides is 2. The molecule has 4 heteroatoms. The molecule has 0 radical (unpaired) electrons. The zero-order valence-electron chi connectivity index (χ0n) is 5.81. The number of rotatable bonds is 1. The third-order valence-corrected chi connectivity index (χ3v) is 1.68. The molecule has 1 aromatic heterocycles. The Morgan fingerprint density at radius 3 is 2.55 bits per heavy atom. The van der Waals surface area contributed by atoms with Gasteiger partial charge in [-0.25, -0.2) is 13.8 Å². The Morgan fingerprint density at radius 1 is 1.55 bits per heavy atom. The molecule has 1 nitrogen and oxygen atoms in total. The summed E-state index contributed by atoms with van der Waals surface area (Å²) in [5, 5.41) is -0.111. The minimum absolute atomic E-state index is 0.111. The molecule has 0 bridgehead atoms. The lowest BCUT2D eigenvalue weighted by atomic mass is 10.2. The molecule has 1 rings (SSSR count). The second-order valence-corrected chi connectivity index (χ2v) is 2.49. The Hall–Kier alpha value is -0.700. The first-order valence-corrected chi connectivity index (χ1v) is 3.40. The van der Waals surface area contributed by atoms with E-state index in [2.05, 4.69) is 4.98 Å². The number of hydrogen-bond donors (Lipinski definition) is 0. The molecule has 0 aromatic carbocycles. The van der Waals surface area contributed by atoms with Crippen molar-refractivity contribution in [2.45, 2.75) is 13.3 Å². The zero-order chi connectivity index (χ0) is 8.43. The predicted molar refractivity (Wildman–Crippen MR) is 38.9 cm³/mol. The van der Waals surface area contributed by atoms with Crippen LogP contribution >= 0.6 is 11.6 Å². The molecule has 0 aliphatic heterocycles. The van der Waals surface area contributed by atoms with Gasteiger partial charge >= 0.3 is 0 Å². The summed E-state index contributed by atoms with van der Waals surface area (Å²) < 4.78 is 24.3. The number of pyridine rings is 1. The number of aromatic nitrogens is 1. The Morgan fingerprint density at radius 2 is 2.18 bits per heavy atom. The van der Waals surface area contributed by atoms with E-state index in [1.807, 2.05) is 0 Å². The van der Waals surface area contributed by atoms with E-state index in [-0.39, 0.29) is 10.7 Å². The molecule has 0 amide bonds. The maximum Gasteiger partial charge on any atom is 0.267 e. The Labute approximate surface area is 68.0 Å². The number of nitrogens with zero attached hydrogens (tertiary/aromatic N) is 1. The van der Waals surface area contributed by atoms with E-state index in [1.165, 1.54) is 12.3 Å². The second kappa shape index (κ2) is 3.13. The van der Waals surface area contributed by atoms with Gasteiger partial charge in [0.25, 0.3) is 6.43 Å². The fourth-order valence-corrected chi connectivity index (χ4v) is 1.09. The highest BCUT2D eigenvalue weighted by atomic mass is 35.5. The van der Waals surface area contributed by atoms with Crippen molar-refractivity contribution in [3.8, 4) is 0 Å². The van der Waals surface area contributed by atoms with Gasteiger partial charge in [0, 0.05) is 6.20 Å². The van der Waals surface area contributed by atoms with Crippen LogP contribution < -0.4 is 0 Å². The first-order valence-electron chi connectivity index (χ1n) is 3.02. The van der Waals surface area contributed by atoms with E-state index in [0.29, 0.717) is 5.56 Å². The van der Waals surface area contributed by atoms with Gasteiger partial charge in [-0.3, -0.25) is 0 Å². The highest BCUT2D eigenvalue weighted by molar-refractivity contribution is 6.30. The molecule has 1 aromatic rings. The van der Waals surface area contributed by atoms with Crippen molar-refractivity contribution in [3.63, 3.8) is 0 Å². The van der Waals surface area contributed by atoms with Gasteiger partial charge in [-0.15, -0.1) is 0 Å². The molecule has 0 atom stereocenters. The highest BCUT2D eigenvalue weighted by Gasteiger charge is 2.14. The van der Waals surface area contributed by atoms with E-state index in [1.54, 1.807) is 6.92 Å². The Balaban J connectivity index is 3.21. The molecule has 0 unspecified atom stereocenters. The van der Waals surface area contributed by atoms with Gasteiger partial charge in [0.1, 0.15) is 5.15 Å². The average Bonchev–Trinajstić information content (AvgIpc) is 1.85. The molecule has 0 N–H and O–H groups in total. The Bertz CT molecular complexity index is 242. The monoisotopic (exact) mass is 177 g/mol. The Kier molecular flexibility index (Phi) is 2.39. The van der Waals surface area contributed by atoms with Gasteiger partial charge in [-0.1, -0.05) is 11.6 Å². The smallest absolute Gasteiger partial charge is 0.244 e. The van der Waals surface area contributed by atoms with Gasteiger partial charge in [0.15, 0.2) is 0 Å². The van der Waals surface area contributed by atoms with Gasteiger partial charge in [-0.2, -0.15) is 0 Å². The van der Waals surface area contributed by atoms with E-state index in [9.17, 15) is 8.78 Å². The molecule has 0 spiro atoms. The lowest BCUT2D eigenvalue weighted by Gasteiger charge is -2.04. The lowest BCUT2D eigenvalue weighted by molar-refractivity contribution is 0.150. The molecule has 0 fully saturated rings. The van der Waals surface area contributed by atoms with Crippen molar-refractivity contribution >= 4 is 11.6 Å². The topological polar surface area (TPSA) is 12.9 Å². The van der Waals surface area contributed by atoms with Crippen molar-refractivity contribution in [1.29, 1.82) is 0 Å². The fourth-order valence-electron chi connectivity index (χ4n) is 0.799. The van der Waals surface area contributed by atoms with Crippen LogP contribution in [0.1, 0.15) is 17.6 Å². The van der Waals surface area contributed by atoms with Crippen molar-refractivity contribution < 1.29 is 8.78 Å². The number of hydrogen-bond acceptors (Lipinski definition) is 1. The summed E-state index contributed by atoms with van der Waals surface area (Å²) >= 11 is 5.43. The molecule has 0 aliphatic rings. The van der Waals surface area contributed by atoms with Crippen molar-refractivity contribution in [2.75, 3.05) is 0 Å². The van der Waals surface area contributed by atoms with E-state index in [4.69, 9.17) is 11.6 Å². The maximum absolute atomic E-state index is 12.2. The molecular weight excluding hydrogens is 172 g/mol. The zero-order valence-corrected chi connectivity index (χ0v) is 6.57. The number of aryl methyl sites for hydroxylation is 1. The molecular formula is C7H6ClF2N. The molecule has 1 heterocycles. The van der Waals surface area contributed by atoms with Gasteiger partial charge in [0.2, 0.25) is 0 Å². The summed E-state index contributed by atoms with van der Waals surface area (Å²) in [6, 6.07) is 1.51. The summed E-state index contributed by atoms with van der Waals surface area (Å²) in [6.07, 6.45) is -1.14. The van der Waals surface area contributed by atoms with Crippen molar-refractivity contribution in [1.82, 2.24) is 4.98 Å². The fraction of sp³-hybridized carbons (Fsp3) is 0.286. The summed E-state index contributed by atoms with van der Waals surface area (Å²) in [6.45, 7) is 1.58. The average molecular weight is 178 g/mol. The normalized spacial score (nSPS) is 10.6. The second-order valence-electron chi connectivity index (χ2n) is 2.13. The minimum atomic E-state index is -2.55. The van der Waals surface area contributed by atoms with Crippen LogP contribution in [0.25, 0.3) is 0 Å². The molecule has 0 saturated carbocycles. The largest absolute Gasteiger partial charge is 0.267 e. The SMILES string of the molecule is Cc1ccnc(Cl)c1C(F)F. The first-order chi connectivity index (χ1) is 5.13. The van der Waals surface area contributed by atoms with Crippen LogP contribution in [-0.4, -0.2) is 4.98 Å². The van der Waals surface area contributed by atoms with E-state index < -0.39 is 6.43 Å². The summed E-state index contributed by atoms with van der Waals surface area (Å²) in [7, 11) is 0. The number of halogens is 3. The lowest BCUT2D eigenvalue weighted by Crippen LogP contribution is -1.92. The molecule has 0 saturated heterocycles. The third-order valence-electron chi connectivity index (χ3n) is 1.38. The highest BCUT2D eigenvalue weighted by Crippen LogP contribution is 2.27. The van der Waals surface area contributed by atoms with Crippen LogP contribution in [0.4, 0.5) is 8.78 Å². The minimum Gasteiger partial charge on any atom is -0.244 e. The molecule has 0 aliphatic carbocycles. The van der Waals surface area contributed by atoms with Crippen LogP contribution in [0.3, 0.4) is 0 Å². The van der Waals surface area contributed by atoms with Crippen LogP contribution in [-0.2, 0) is 0 Å². The molecule has 60 valence electrons.